The van der Waals surface area contributed by atoms with Crippen molar-refractivity contribution in [2.45, 2.75) is 25.3 Å². The van der Waals surface area contributed by atoms with Crippen molar-refractivity contribution < 1.29 is 4.79 Å². The summed E-state index contributed by atoms with van der Waals surface area (Å²) in [5.74, 6) is -0.307. The van der Waals surface area contributed by atoms with Crippen LogP contribution in [0, 0.1) is 0 Å². The van der Waals surface area contributed by atoms with Gasteiger partial charge in [0.2, 0.25) is 5.91 Å². The molecule has 1 unspecified atom stereocenters. The third-order valence-corrected chi connectivity index (χ3v) is 3.64. The standard InChI is InChI=1S/C14H17N3O/c15-13(18)8-16-12-7-3-5-10-9-4-1-2-6-11(9)17-14(10)12/h1-2,4,6,12,16-17H,3,5,7-8H2,(H2,15,18). The summed E-state index contributed by atoms with van der Waals surface area (Å²) < 4.78 is 0. The summed E-state index contributed by atoms with van der Waals surface area (Å²) in [6.07, 6.45) is 3.30. The Morgan fingerprint density at radius 2 is 2.28 bits per heavy atom. The fraction of sp³-hybridized carbons (Fsp3) is 0.357. The Labute approximate surface area is 106 Å². The van der Waals surface area contributed by atoms with Crippen LogP contribution in [0.1, 0.15) is 30.1 Å². The number of fused-ring (bicyclic) bond motifs is 3. The third kappa shape index (κ3) is 1.88. The maximum Gasteiger partial charge on any atom is 0.231 e. The van der Waals surface area contributed by atoms with Crippen molar-refractivity contribution >= 4 is 16.8 Å². The number of carbonyl (C=O) groups excluding carboxylic acids is 1. The van der Waals surface area contributed by atoms with Crippen LogP contribution >= 0.6 is 0 Å². The number of aryl methyl sites for hydroxylation is 1. The number of hydrogen-bond acceptors (Lipinski definition) is 2. The van der Waals surface area contributed by atoms with E-state index in [0.29, 0.717) is 0 Å². The molecule has 4 N–H and O–H groups in total. The van der Waals surface area contributed by atoms with E-state index in [2.05, 4.69) is 28.5 Å². The lowest BCUT2D eigenvalue weighted by Gasteiger charge is -2.23. The zero-order valence-electron chi connectivity index (χ0n) is 10.2. The van der Waals surface area contributed by atoms with Gasteiger partial charge in [0.05, 0.1) is 6.54 Å². The van der Waals surface area contributed by atoms with Crippen molar-refractivity contribution in [3.8, 4) is 0 Å². The molecule has 0 bridgehead atoms. The molecule has 1 aliphatic carbocycles. The molecule has 2 aromatic rings. The van der Waals surface area contributed by atoms with Gasteiger partial charge in [0, 0.05) is 22.6 Å². The lowest BCUT2D eigenvalue weighted by atomic mass is 9.92. The van der Waals surface area contributed by atoms with Crippen LogP contribution in [0.5, 0.6) is 0 Å². The summed E-state index contributed by atoms with van der Waals surface area (Å²) in [6.45, 7) is 0.236. The molecular weight excluding hydrogens is 226 g/mol. The van der Waals surface area contributed by atoms with Gasteiger partial charge in [-0.1, -0.05) is 18.2 Å². The molecule has 1 aliphatic rings. The highest BCUT2D eigenvalue weighted by molar-refractivity contribution is 5.85. The maximum atomic E-state index is 10.9. The molecule has 1 aromatic carbocycles. The highest BCUT2D eigenvalue weighted by Crippen LogP contribution is 2.34. The SMILES string of the molecule is NC(=O)CNC1CCCc2c1[nH]c1ccccc21. The molecule has 3 rings (SSSR count). The van der Waals surface area contributed by atoms with Crippen LogP contribution in [-0.4, -0.2) is 17.4 Å². The van der Waals surface area contributed by atoms with E-state index in [9.17, 15) is 4.79 Å². The fourth-order valence-corrected chi connectivity index (χ4v) is 2.84. The quantitative estimate of drug-likeness (QED) is 0.766. The maximum absolute atomic E-state index is 10.9. The van der Waals surface area contributed by atoms with E-state index < -0.39 is 0 Å². The van der Waals surface area contributed by atoms with Gasteiger partial charge in [-0.2, -0.15) is 0 Å². The molecule has 1 heterocycles. The minimum atomic E-state index is -0.307. The average Bonchev–Trinajstić information content (AvgIpc) is 2.75. The van der Waals surface area contributed by atoms with Crippen LogP contribution in [0.25, 0.3) is 10.9 Å². The molecule has 0 radical (unpaired) electrons. The summed E-state index contributed by atoms with van der Waals surface area (Å²) in [5.41, 5.74) is 8.98. The number of para-hydroxylation sites is 1. The molecule has 1 atom stereocenters. The number of aromatic nitrogens is 1. The summed E-state index contributed by atoms with van der Waals surface area (Å²) >= 11 is 0. The van der Waals surface area contributed by atoms with Crippen LogP contribution in [0.4, 0.5) is 0 Å². The molecule has 18 heavy (non-hydrogen) atoms. The molecule has 4 heteroatoms. The number of amides is 1. The molecule has 94 valence electrons. The molecule has 0 saturated heterocycles. The van der Waals surface area contributed by atoms with E-state index in [1.165, 1.54) is 22.2 Å². The molecule has 0 spiro atoms. The van der Waals surface area contributed by atoms with Crippen LogP contribution in [0.15, 0.2) is 24.3 Å². The second-order valence-corrected chi connectivity index (χ2v) is 4.85. The van der Waals surface area contributed by atoms with E-state index in [4.69, 9.17) is 5.73 Å². The Balaban J connectivity index is 1.97. The lowest BCUT2D eigenvalue weighted by molar-refractivity contribution is -0.117. The summed E-state index contributed by atoms with van der Waals surface area (Å²) in [6, 6.07) is 8.57. The van der Waals surface area contributed by atoms with Gasteiger partial charge in [-0.05, 0) is 30.9 Å². The number of benzene rings is 1. The van der Waals surface area contributed by atoms with Crippen molar-refractivity contribution in [1.29, 1.82) is 0 Å². The van der Waals surface area contributed by atoms with Gasteiger partial charge in [0.1, 0.15) is 0 Å². The second kappa shape index (κ2) is 4.46. The number of nitrogens with one attached hydrogen (secondary N) is 2. The summed E-state index contributed by atoms with van der Waals surface area (Å²) in [7, 11) is 0. The minimum Gasteiger partial charge on any atom is -0.369 e. The third-order valence-electron chi connectivity index (χ3n) is 3.64. The molecular formula is C14H17N3O. The summed E-state index contributed by atoms with van der Waals surface area (Å²) in [5, 5.41) is 4.54. The van der Waals surface area contributed by atoms with Gasteiger partial charge >= 0.3 is 0 Å². The Morgan fingerprint density at radius 1 is 1.44 bits per heavy atom. The second-order valence-electron chi connectivity index (χ2n) is 4.85. The predicted octanol–water partition coefficient (Wildman–Crippen LogP) is 1.62. The first-order chi connectivity index (χ1) is 8.75. The van der Waals surface area contributed by atoms with E-state index in [1.807, 2.05) is 6.07 Å². The van der Waals surface area contributed by atoms with E-state index >= 15 is 0 Å². The minimum absolute atomic E-state index is 0.216. The highest BCUT2D eigenvalue weighted by Gasteiger charge is 2.23. The average molecular weight is 243 g/mol. The van der Waals surface area contributed by atoms with E-state index in [-0.39, 0.29) is 18.5 Å². The van der Waals surface area contributed by atoms with Crippen molar-refractivity contribution in [2.75, 3.05) is 6.54 Å². The molecule has 1 aromatic heterocycles. The van der Waals surface area contributed by atoms with Gasteiger partial charge in [0.15, 0.2) is 0 Å². The van der Waals surface area contributed by atoms with E-state index in [0.717, 1.165) is 19.3 Å². The lowest BCUT2D eigenvalue weighted by Crippen LogP contribution is -2.33. The van der Waals surface area contributed by atoms with Gasteiger partial charge in [-0.15, -0.1) is 0 Å². The molecule has 0 fully saturated rings. The van der Waals surface area contributed by atoms with Crippen molar-refractivity contribution in [3.05, 3.63) is 35.5 Å². The van der Waals surface area contributed by atoms with Gasteiger partial charge < -0.3 is 16.0 Å². The normalized spacial score (nSPS) is 18.8. The van der Waals surface area contributed by atoms with E-state index in [1.54, 1.807) is 0 Å². The fourth-order valence-electron chi connectivity index (χ4n) is 2.84. The number of nitrogens with two attached hydrogens (primary N) is 1. The topological polar surface area (TPSA) is 70.9 Å². The number of carbonyl (C=O) groups is 1. The number of aromatic amines is 1. The van der Waals surface area contributed by atoms with Gasteiger partial charge in [-0.25, -0.2) is 0 Å². The summed E-state index contributed by atoms with van der Waals surface area (Å²) in [4.78, 5) is 14.4. The number of H-pyrrole nitrogens is 1. The largest absolute Gasteiger partial charge is 0.369 e. The van der Waals surface area contributed by atoms with Crippen LogP contribution in [0.2, 0.25) is 0 Å². The molecule has 1 amide bonds. The smallest absolute Gasteiger partial charge is 0.231 e. The van der Waals surface area contributed by atoms with Crippen molar-refractivity contribution in [3.63, 3.8) is 0 Å². The van der Waals surface area contributed by atoms with Gasteiger partial charge in [0.25, 0.3) is 0 Å². The Bertz CT molecular complexity index is 588. The number of rotatable bonds is 3. The Kier molecular flexibility index (Phi) is 2.80. The first-order valence-corrected chi connectivity index (χ1v) is 6.37. The zero-order valence-corrected chi connectivity index (χ0v) is 10.2. The van der Waals surface area contributed by atoms with Crippen molar-refractivity contribution in [1.82, 2.24) is 10.3 Å². The number of hydrogen-bond donors (Lipinski definition) is 3. The Hall–Kier alpha value is -1.81. The van der Waals surface area contributed by atoms with Crippen LogP contribution in [-0.2, 0) is 11.2 Å². The monoisotopic (exact) mass is 243 g/mol. The van der Waals surface area contributed by atoms with Gasteiger partial charge in [-0.3, -0.25) is 4.79 Å². The van der Waals surface area contributed by atoms with Crippen molar-refractivity contribution in [2.24, 2.45) is 5.73 Å². The highest BCUT2D eigenvalue weighted by atomic mass is 16.1. The molecule has 0 saturated carbocycles. The number of primary amides is 1. The predicted molar refractivity (Wildman–Crippen MR) is 71.2 cm³/mol. The zero-order chi connectivity index (χ0) is 12.5. The first kappa shape index (κ1) is 11.3. The first-order valence-electron chi connectivity index (χ1n) is 6.37. The van der Waals surface area contributed by atoms with Crippen LogP contribution < -0.4 is 11.1 Å². The Morgan fingerprint density at radius 3 is 3.11 bits per heavy atom. The molecule has 0 aliphatic heterocycles. The molecule has 4 nitrogen and oxygen atoms in total. The van der Waals surface area contributed by atoms with Crippen LogP contribution in [0.3, 0.4) is 0 Å².